The van der Waals surface area contributed by atoms with Gasteiger partial charge in [-0.25, -0.2) is 0 Å². The molecule has 0 aromatic heterocycles. The smallest absolute Gasteiger partial charge is 0.308 e. The van der Waals surface area contributed by atoms with Gasteiger partial charge in [-0.2, -0.15) is 0 Å². The molecule has 0 radical (unpaired) electrons. The van der Waals surface area contributed by atoms with Gasteiger partial charge in [0.15, 0.2) is 0 Å². The van der Waals surface area contributed by atoms with Crippen molar-refractivity contribution in [1.82, 2.24) is 5.32 Å². The summed E-state index contributed by atoms with van der Waals surface area (Å²) >= 11 is 3.21. The molecule has 7 nitrogen and oxygen atoms in total. The molecular weight excluding hydrogens is 356 g/mol. The molecule has 0 bridgehead atoms. The standard InChI is InChI=1S/C14H15BrN2O5/c15-11-7-9(17(21)22)5-4-8(11)6-13(18)16-12-3-1-2-10(12)14(19)20/h4-5,7,10,12H,1-3,6H2,(H,16,18)(H,19,20)/t10-,12+/m1/s1. The van der Waals surface area contributed by atoms with Gasteiger partial charge in [-0.05, 0) is 18.4 Å². The molecule has 8 heteroatoms. The number of hydrogen-bond donors (Lipinski definition) is 2. The topological polar surface area (TPSA) is 110 Å². The summed E-state index contributed by atoms with van der Waals surface area (Å²) in [6.07, 6.45) is 2.05. The second-order valence-electron chi connectivity index (χ2n) is 5.26. The zero-order chi connectivity index (χ0) is 16.3. The first-order valence-corrected chi connectivity index (χ1v) is 7.62. The normalized spacial score (nSPS) is 20.6. The molecule has 1 aromatic carbocycles. The first kappa shape index (κ1) is 16.4. The lowest BCUT2D eigenvalue weighted by Crippen LogP contribution is -2.40. The highest BCUT2D eigenvalue weighted by atomic mass is 79.9. The molecule has 0 spiro atoms. The second-order valence-corrected chi connectivity index (χ2v) is 6.11. The van der Waals surface area contributed by atoms with Crippen molar-refractivity contribution >= 4 is 33.5 Å². The van der Waals surface area contributed by atoms with E-state index in [1.807, 2.05) is 0 Å². The van der Waals surface area contributed by atoms with E-state index in [0.717, 1.165) is 6.42 Å². The Balaban J connectivity index is 2.00. The van der Waals surface area contributed by atoms with Gasteiger partial charge in [0, 0.05) is 22.6 Å². The molecule has 2 rings (SSSR count). The Kier molecular flexibility index (Phi) is 5.12. The predicted octanol–water partition coefficient (Wildman–Crippen LogP) is 2.27. The van der Waals surface area contributed by atoms with E-state index in [9.17, 15) is 19.7 Å². The van der Waals surface area contributed by atoms with E-state index in [1.54, 1.807) is 0 Å². The molecule has 118 valence electrons. The van der Waals surface area contributed by atoms with Gasteiger partial charge in [0.05, 0.1) is 17.3 Å². The van der Waals surface area contributed by atoms with Gasteiger partial charge in [-0.1, -0.05) is 28.4 Å². The number of benzene rings is 1. The summed E-state index contributed by atoms with van der Waals surface area (Å²) in [5.41, 5.74) is 0.561. The maximum atomic E-state index is 12.0. The highest BCUT2D eigenvalue weighted by molar-refractivity contribution is 9.10. The van der Waals surface area contributed by atoms with Crippen molar-refractivity contribution in [1.29, 1.82) is 0 Å². The first-order chi connectivity index (χ1) is 10.4. The number of carboxylic acid groups (broad SMARTS) is 1. The number of hydrogen-bond acceptors (Lipinski definition) is 4. The minimum Gasteiger partial charge on any atom is -0.481 e. The zero-order valence-corrected chi connectivity index (χ0v) is 13.2. The molecule has 2 atom stereocenters. The van der Waals surface area contributed by atoms with Crippen molar-refractivity contribution in [2.24, 2.45) is 5.92 Å². The number of rotatable bonds is 5. The van der Waals surface area contributed by atoms with Crippen LogP contribution in [0.1, 0.15) is 24.8 Å². The molecule has 1 aliphatic rings. The second kappa shape index (κ2) is 6.87. The first-order valence-electron chi connectivity index (χ1n) is 6.83. The Hall–Kier alpha value is -1.96. The van der Waals surface area contributed by atoms with Crippen LogP contribution < -0.4 is 5.32 Å². The zero-order valence-electron chi connectivity index (χ0n) is 11.6. The van der Waals surface area contributed by atoms with Gasteiger partial charge >= 0.3 is 5.97 Å². The third-order valence-electron chi connectivity index (χ3n) is 3.78. The van der Waals surface area contributed by atoms with Crippen LogP contribution >= 0.6 is 15.9 Å². The Labute approximate surface area is 135 Å². The molecule has 2 N–H and O–H groups in total. The number of non-ortho nitro benzene ring substituents is 1. The van der Waals surface area contributed by atoms with E-state index in [4.69, 9.17) is 5.11 Å². The highest BCUT2D eigenvalue weighted by Crippen LogP contribution is 2.27. The number of amides is 1. The van der Waals surface area contributed by atoms with E-state index >= 15 is 0 Å². The van der Waals surface area contributed by atoms with E-state index in [1.165, 1.54) is 18.2 Å². The molecule has 1 aromatic rings. The molecule has 1 saturated carbocycles. The summed E-state index contributed by atoms with van der Waals surface area (Å²) in [5, 5.41) is 22.5. The van der Waals surface area contributed by atoms with Crippen molar-refractivity contribution in [2.45, 2.75) is 31.7 Å². The van der Waals surface area contributed by atoms with Crippen LogP contribution in [0.4, 0.5) is 5.69 Å². The van der Waals surface area contributed by atoms with Crippen LogP contribution in [-0.2, 0) is 16.0 Å². The minimum atomic E-state index is -0.890. The number of carboxylic acids is 1. The molecule has 0 heterocycles. The van der Waals surface area contributed by atoms with Gasteiger partial charge in [0.1, 0.15) is 0 Å². The summed E-state index contributed by atoms with van der Waals surface area (Å²) in [6.45, 7) is 0. The van der Waals surface area contributed by atoms with Crippen LogP contribution in [0, 0.1) is 16.0 Å². The number of carbonyl (C=O) groups is 2. The molecule has 0 aliphatic heterocycles. The third-order valence-corrected chi connectivity index (χ3v) is 4.52. The van der Waals surface area contributed by atoms with Crippen LogP contribution in [0.2, 0.25) is 0 Å². The Bertz CT molecular complexity index is 619. The van der Waals surface area contributed by atoms with Crippen LogP contribution in [-0.4, -0.2) is 27.9 Å². The average molecular weight is 371 g/mol. The number of nitro benzene ring substituents is 1. The maximum Gasteiger partial charge on any atom is 0.308 e. The largest absolute Gasteiger partial charge is 0.481 e. The monoisotopic (exact) mass is 370 g/mol. The summed E-state index contributed by atoms with van der Waals surface area (Å²) in [7, 11) is 0. The van der Waals surface area contributed by atoms with Gasteiger partial charge in [0.2, 0.25) is 5.91 Å². The van der Waals surface area contributed by atoms with Gasteiger partial charge in [-0.15, -0.1) is 0 Å². The average Bonchev–Trinajstić information content (AvgIpc) is 2.89. The van der Waals surface area contributed by atoms with Crippen LogP contribution in [0.25, 0.3) is 0 Å². The maximum absolute atomic E-state index is 12.0. The predicted molar refractivity (Wildman–Crippen MR) is 81.4 cm³/mol. The number of nitro groups is 1. The van der Waals surface area contributed by atoms with Gasteiger partial charge in [-0.3, -0.25) is 19.7 Å². The Morgan fingerprint density at radius 3 is 2.73 bits per heavy atom. The molecule has 22 heavy (non-hydrogen) atoms. The summed E-state index contributed by atoms with van der Waals surface area (Å²) in [4.78, 5) is 33.3. The SMILES string of the molecule is O=C(Cc1ccc([N+](=O)[O-])cc1Br)N[C@H]1CCC[C@H]1C(=O)O. The molecule has 0 saturated heterocycles. The van der Waals surface area contributed by atoms with Crippen molar-refractivity contribution in [3.63, 3.8) is 0 Å². The van der Waals surface area contributed by atoms with Crippen molar-refractivity contribution in [2.75, 3.05) is 0 Å². The minimum absolute atomic E-state index is 0.0431. The van der Waals surface area contributed by atoms with Crippen LogP contribution in [0.15, 0.2) is 22.7 Å². The van der Waals surface area contributed by atoms with E-state index in [0.29, 0.717) is 22.9 Å². The molecule has 1 fully saturated rings. The highest BCUT2D eigenvalue weighted by Gasteiger charge is 2.33. The van der Waals surface area contributed by atoms with E-state index in [2.05, 4.69) is 21.2 Å². The lowest BCUT2D eigenvalue weighted by Gasteiger charge is -2.17. The van der Waals surface area contributed by atoms with Crippen molar-refractivity contribution in [3.05, 3.63) is 38.3 Å². The lowest BCUT2D eigenvalue weighted by molar-refractivity contribution is -0.384. The molecule has 1 aliphatic carbocycles. The third kappa shape index (κ3) is 3.82. The number of nitrogens with one attached hydrogen (secondary N) is 1. The van der Waals surface area contributed by atoms with E-state index < -0.39 is 16.8 Å². The molecule has 0 unspecified atom stereocenters. The van der Waals surface area contributed by atoms with E-state index in [-0.39, 0.29) is 24.1 Å². The van der Waals surface area contributed by atoms with Crippen molar-refractivity contribution in [3.8, 4) is 0 Å². The van der Waals surface area contributed by atoms with Crippen molar-refractivity contribution < 1.29 is 19.6 Å². The Morgan fingerprint density at radius 1 is 1.41 bits per heavy atom. The fourth-order valence-corrected chi connectivity index (χ4v) is 3.16. The number of carbonyl (C=O) groups excluding carboxylic acids is 1. The van der Waals surface area contributed by atoms with Gasteiger partial charge in [0.25, 0.3) is 5.69 Å². The molecular formula is C14H15BrN2O5. The fourth-order valence-electron chi connectivity index (χ4n) is 2.65. The lowest BCUT2D eigenvalue weighted by atomic mass is 10.0. The number of nitrogens with zero attached hydrogens (tertiary/aromatic N) is 1. The summed E-state index contributed by atoms with van der Waals surface area (Å²) in [6, 6.07) is 3.86. The van der Waals surface area contributed by atoms with Gasteiger partial charge < -0.3 is 10.4 Å². The van der Waals surface area contributed by atoms with Crippen LogP contribution in [0.5, 0.6) is 0 Å². The fraction of sp³-hybridized carbons (Fsp3) is 0.429. The number of aliphatic carboxylic acids is 1. The summed E-state index contributed by atoms with van der Waals surface area (Å²) in [5.74, 6) is -1.71. The molecule has 1 amide bonds. The quantitative estimate of drug-likeness (QED) is 0.610. The number of halogens is 1. The van der Waals surface area contributed by atoms with Crippen LogP contribution in [0.3, 0.4) is 0 Å². The summed E-state index contributed by atoms with van der Waals surface area (Å²) < 4.78 is 0.484. The Morgan fingerprint density at radius 2 is 2.14 bits per heavy atom.